The van der Waals surface area contributed by atoms with Crippen LogP contribution in [0.5, 0.6) is 0 Å². The number of thiazole rings is 1. The molecule has 0 radical (unpaired) electrons. The average Bonchev–Trinajstić information content (AvgIpc) is 2.46. The third kappa shape index (κ3) is 3.97. The lowest BCUT2D eigenvalue weighted by Crippen LogP contribution is -2.28. The molecule has 0 fully saturated rings. The zero-order chi connectivity index (χ0) is 11.3. The Morgan fingerprint density at radius 2 is 2.20 bits per heavy atom. The Morgan fingerprint density at radius 1 is 1.47 bits per heavy atom. The van der Waals surface area contributed by atoms with Gasteiger partial charge < -0.3 is 10.6 Å². The zero-order valence-corrected chi connectivity index (χ0v) is 10.2. The van der Waals surface area contributed by atoms with E-state index in [9.17, 15) is 4.79 Å². The summed E-state index contributed by atoms with van der Waals surface area (Å²) < 4.78 is 0. The lowest BCUT2D eigenvalue weighted by molar-refractivity contribution is -0.115. The first-order chi connectivity index (χ1) is 7.13. The number of rotatable bonds is 5. The largest absolute Gasteiger partial charge is 0.308 e. The van der Waals surface area contributed by atoms with Crippen LogP contribution in [-0.4, -0.2) is 24.0 Å². The Labute approximate surface area is 94.1 Å². The Balaban J connectivity index is 2.37. The summed E-state index contributed by atoms with van der Waals surface area (Å²) in [7, 11) is 0. The molecule has 0 aromatic carbocycles. The molecule has 15 heavy (non-hydrogen) atoms. The minimum absolute atomic E-state index is 0.0304. The molecule has 1 amide bonds. The molecule has 0 saturated heterocycles. The fourth-order valence-electron chi connectivity index (χ4n) is 1.07. The molecule has 1 rings (SSSR count). The molecule has 2 N–H and O–H groups in total. The summed E-state index contributed by atoms with van der Waals surface area (Å²) >= 11 is 1.51. The molecule has 0 bridgehead atoms. The van der Waals surface area contributed by atoms with Gasteiger partial charge in [-0.25, -0.2) is 4.98 Å². The lowest BCUT2D eigenvalue weighted by Gasteiger charge is -2.02. The molecule has 0 atom stereocenters. The molecule has 0 spiro atoms. The maximum Gasteiger partial charge on any atom is 0.240 e. The van der Waals surface area contributed by atoms with Crippen LogP contribution in [0.4, 0.5) is 5.13 Å². The van der Waals surface area contributed by atoms with Crippen molar-refractivity contribution in [3.63, 3.8) is 0 Å². The molecule has 1 aromatic rings. The molecular formula is C10H17N3OS. The highest BCUT2D eigenvalue weighted by molar-refractivity contribution is 7.15. The van der Waals surface area contributed by atoms with Gasteiger partial charge in [0.2, 0.25) is 5.91 Å². The number of carbonyl (C=O) groups excluding carboxylic acids is 1. The number of aromatic nitrogens is 1. The van der Waals surface area contributed by atoms with Crippen molar-refractivity contribution >= 4 is 22.4 Å². The first-order valence-electron chi connectivity index (χ1n) is 5.08. The molecular weight excluding hydrogens is 210 g/mol. The van der Waals surface area contributed by atoms with Gasteiger partial charge in [0.1, 0.15) is 0 Å². The van der Waals surface area contributed by atoms with Crippen molar-refractivity contribution in [3.05, 3.63) is 10.6 Å². The number of amides is 1. The summed E-state index contributed by atoms with van der Waals surface area (Å²) in [5.41, 5.74) is 0.983. The number of aryl methyl sites for hydroxylation is 2. The third-order valence-corrected chi connectivity index (χ3v) is 2.98. The fraction of sp³-hybridized carbons (Fsp3) is 0.600. The van der Waals surface area contributed by atoms with E-state index in [1.54, 1.807) is 0 Å². The van der Waals surface area contributed by atoms with Crippen LogP contribution in [0.2, 0.25) is 0 Å². The van der Waals surface area contributed by atoms with E-state index in [2.05, 4.69) is 22.5 Å². The molecule has 84 valence electrons. The topological polar surface area (TPSA) is 54.0 Å². The van der Waals surface area contributed by atoms with E-state index in [-0.39, 0.29) is 5.91 Å². The summed E-state index contributed by atoms with van der Waals surface area (Å²) in [6.07, 6.45) is 1.03. The van der Waals surface area contributed by atoms with Crippen LogP contribution in [0, 0.1) is 13.8 Å². The first-order valence-corrected chi connectivity index (χ1v) is 5.89. The molecule has 1 aromatic heterocycles. The third-order valence-electron chi connectivity index (χ3n) is 1.99. The monoisotopic (exact) mass is 227 g/mol. The molecule has 0 aliphatic carbocycles. The molecule has 4 nitrogen and oxygen atoms in total. The van der Waals surface area contributed by atoms with E-state index in [4.69, 9.17) is 0 Å². The van der Waals surface area contributed by atoms with Gasteiger partial charge in [0, 0.05) is 4.88 Å². The van der Waals surface area contributed by atoms with E-state index >= 15 is 0 Å². The van der Waals surface area contributed by atoms with Gasteiger partial charge in [-0.2, -0.15) is 0 Å². The number of hydrogen-bond acceptors (Lipinski definition) is 4. The Bertz CT molecular complexity index is 316. The highest BCUT2D eigenvalue weighted by Gasteiger charge is 2.06. The average molecular weight is 227 g/mol. The van der Waals surface area contributed by atoms with Gasteiger partial charge >= 0.3 is 0 Å². The van der Waals surface area contributed by atoms with Gasteiger partial charge in [0.25, 0.3) is 0 Å². The van der Waals surface area contributed by atoms with Crippen LogP contribution < -0.4 is 10.6 Å². The van der Waals surface area contributed by atoms with Crippen LogP contribution in [0.25, 0.3) is 0 Å². The summed E-state index contributed by atoms with van der Waals surface area (Å²) in [5.74, 6) is -0.0304. The van der Waals surface area contributed by atoms with Crippen LogP contribution in [0.3, 0.4) is 0 Å². The van der Waals surface area contributed by atoms with Crippen molar-refractivity contribution in [1.29, 1.82) is 0 Å². The summed E-state index contributed by atoms with van der Waals surface area (Å²) in [4.78, 5) is 16.8. The quantitative estimate of drug-likeness (QED) is 0.753. The van der Waals surface area contributed by atoms with Crippen molar-refractivity contribution in [2.45, 2.75) is 27.2 Å². The summed E-state index contributed by atoms with van der Waals surface area (Å²) in [6, 6.07) is 0. The van der Waals surface area contributed by atoms with E-state index in [0.29, 0.717) is 11.7 Å². The van der Waals surface area contributed by atoms with E-state index in [1.807, 2.05) is 13.8 Å². The number of anilines is 1. The zero-order valence-electron chi connectivity index (χ0n) is 9.39. The lowest BCUT2D eigenvalue weighted by atomic mass is 10.4. The summed E-state index contributed by atoms with van der Waals surface area (Å²) in [5, 5.41) is 6.50. The van der Waals surface area contributed by atoms with Gasteiger partial charge in [-0.05, 0) is 26.8 Å². The Hall–Kier alpha value is -0.940. The standard InChI is InChI=1S/C10H17N3OS/c1-4-5-11-6-9(14)13-10-12-7(2)8(3)15-10/h11H,4-6H2,1-3H3,(H,12,13,14). The number of nitrogens with one attached hydrogen (secondary N) is 2. The van der Waals surface area contributed by atoms with Gasteiger partial charge in [-0.1, -0.05) is 6.92 Å². The van der Waals surface area contributed by atoms with E-state index < -0.39 is 0 Å². The van der Waals surface area contributed by atoms with Crippen LogP contribution in [-0.2, 0) is 4.79 Å². The van der Waals surface area contributed by atoms with E-state index in [0.717, 1.165) is 23.5 Å². The first kappa shape index (κ1) is 12.1. The molecule has 1 heterocycles. The molecule has 0 aliphatic heterocycles. The Kier molecular flexibility index (Phi) is 4.71. The van der Waals surface area contributed by atoms with Crippen LogP contribution >= 0.6 is 11.3 Å². The molecule has 5 heteroatoms. The van der Waals surface area contributed by atoms with Crippen molar-refractivity contribution in [2.24, 2.45) is 0 Å². The predicted molar refractivity (Wildman–Crippen MR) is 63.4 cm³/mol. The highest BCUT2D eigenvalue weighted by atomic mass is 32.1. The number of carbonyl (C=O) groups is 1. The van der Waals surface area contributed by atoms with Crippen molar-refractivity contribution in [3.8, 4) is 0 Å². The maximum atomic E-state index is 11.4. The van der Waals surface area contributed by atoms with Crippen LogP contribution in [0.15, 0.2) is 0 Å². The minimum Gasteiger partial charge on any atom is -0.308 e. The minimum atomic E-state index is -0.0304. The van der Waals surface area contributed by atoms with Gasteiger partial charge in [0.05, 0.1) is 12.2 Å². The smallest absolute Gasteiger partial charge is 0.240 e. The highest BCUT2D eigenvalue weighted by Crippen LogP contribution is 2.20. The van der Waals surface area contributed by atoms with Gasteiger partial charge in [0.15, 0.2) is 5.13 Å². The van der Waals surface area contributed by atoms with Crippen molar-refractivity contribution in [1.82, 2.24) is 10.3 Å². The molecule has 0 aliphatic rings. The summed E-state index contributed by atoms with van der Waals surface area (Å²) in [6.45, 7) is 7.22. The maximum absolute atomic E-state index is 11.4. The Morgan fingerprint density at radius 3 is 2.73 bits per heavy atom. The number of nitrogens with zero attached hydrogens (tertiary/aromatic N) is 1. The molecule has 0 saturated carbocycles. The van der Waals surface area contributed by atoms with Crippen molar-refractivity contribution in [2.75, 3.05) is 18.4 Å². The second-order valence-electron chi connectivity index (χ2n) is 3.39. The van der Waals surface area contributed by atoms with E-state index in [1.165, 1.54) is 11.3 Å². The molecule has 0 unspecified atom stereocenters. The predicted octanol–water partition coefficient (Wildman–Crippen LogP) is 1.70. The normalized spacial score (nSPS) is 10.3. The van der Waals surface area contributed by atoms with Gasteiger partial charge in [-0.15, -0.1) is 11.3 Å². The number of hydrogen-bond donors (Lipinski definition) is 2. The second kappa shape index (κ2) is 5.82. The fourth-order valence-corrected chi connectivity index (χ4v) is 1.90. The van der Waals surface area contributed by atoms with Crippen molar-refractivity contribution < 1.29 is 4.79 Å². The van der Waals surface area contributed by atoms with Crippen LogP contribution in [0.1, 0.15) is 23.9 Å². The SMILES string of the molecule is CCCNCC(=O)Nc1nc(C)c(C)s1. The van der Waals surface area contributed by atoms with Gasteiger partial charge in [-0.3, -0.25) is 4.79 Å². The second-order valence-corrected chi connectivity index (χ2v) is 4.59.